The average molecular weight is 429 g/mol. The second-order valence-corrected chi connectivity index (χ2v) is 9.21. The Bertz CT molecular complexity index is 731. The largest absolute Gasteiger partial charge is 0.353 e. The predicted molar refractivity (Wildman–Crippen MR) is 120 cm³/mol. The number of hydrogen-bond donors (Lipinski definition) is 1. The van der Waals surface area contributed by atoms with E-state index >= 15 is 0 Å². The minimum atomic E-state index is -0.190. The van der Waals surface area contributed by atoms with Crippen LogP contribution in [0.3, 0.4) is 0 Å². The molecule has 3 heterocycles. The van der Waals surface area contributed by atoms with Crippen LogP contribution in [0.2, 0.25) is 0 Å². The van der Waals surface area contributed by atoms with Crippen molar-refractivity contribution >= 4 is 17.8 Å². The van der Waals surface area contributed by atoms with E-state index in [2.05, 4.69) is 25.1 Å². The van der Waals surface area contributed by atoms with E-state index in [1.165, 1.54) is 19.3 Å². The highest BCUT2D eigenvalue weighted by Gasteiger charge is 2.34. The van der Waals surface area contributed by atoms with Crippen LogP contribution in [0.25, 0.3) is 0 Å². The third-order valence-electron chi connectivity index (χ3n) is 7.11. The van der Waals surface area contributed by atoms with Crippen molar-refractivity contribution < 1.29 is 9.59 Å². The first-order chi connectivity index (χ1) is 15.1. The van der Waals surface area contributed by atoms with E-state index in [-0.39, 0.29) is 23.8 Å². The van der Waals surface area contributed by atoms with E-state index in [1.807, 2.05) is 17.9 Å². The fourth-order valence-electron chi connectivity index (χ4n) is 5.14. The summed E-state index contributed by atoms with van der Waals surface area (Å²) in [6.45, 7) is 6.42. The smallest absolute Gasteiger partial charge is 0.239 e. The number of carbonyl (C=O) groups is 2. The van der Waals surface area contributed by atoms with Gasteiger partial charge in [0.15, 0.2) is 0 Å². The van der Waals surface area contributed by atoms with E-state index in [4.69, 9.17) is 0 Å². The molecule has 0 radical (unpaired) electrons. The molecule has 0 spiro atoms. The highest BCUT2D eigenvalue weighted by molar-refractivity contribution is 5.82. The first kappa shape index (κ1) is 22.0. The molecule has 1 N–H and O–H groups in total. The van der Waals surface area contributed by atoms with Gasteiger partial charge in [-0.15, -0.1) is 0 Å². The Hall–Kier alpha value is -2.22. The van der Waals surface area contributed by atoms with Crippen LogP contribution >= 0.6 is 0 Å². The van der Waals surface area contributed by atoms with Gasteiger partial charge in [-0.2, -0.15) is 0 Å². The monoisotopic (exact) mass is 428 g/mol. The molecule has 31 heavy (non-hydrogen) atoms. The molecule has 1 aromatic heterocycles. The Labute approximate surface area is 185 Å². The predicted octanol–water partition coefficient (Wildman–Crippen LogP) is 1.67. The molecule has 2 saturated heterocycles. The Morgan fingerprint density at radius 2 is 1.68 bits per heavy atom. The molecule has 1 aliphatic carbocycles. The minimum Gasteiger partial charge on any atom is -0.353 e. The van der Waals surface area contributed by atoms with Crippen molar-refractivity contribution in [3.8, 4) is 0 Å². The second-order valence-electron chi connectivity index (χ2n) is 9.21. The van der Waals surface area contributed by atoms with Crippen molar-refractivity contribution in [2.75, 3.05) is 44.2 Å². The van der Waals surface area contributed by atoms with Crippen LogP contribution in [0, 0.1) is 5.92 Å². The summed E-state index contributed by atoms with van der Waals surface area (Å²) in [5, 5.41) is 3.28. The molecular weight excluding hydrogens is 392 g/mol. The number of hydrogen-bond acceptors (Lipinski definition) is 6. The lowest BCUT2D eigenvalue weighted by molar-refractivity contribution is -0.139. The van der Waals surface area contributed by atoms with Gasteiger partial charge in [0.05, 0.1) is 12.0 Å². The number of nitrogens with one attached hydrogen (secondary N) is 1. The number of carbonyl (C=O) groups excluding carboxylic acids is 2. The maximum Gasteiger partial charge on any atom is 0.239 e. The zero-order chi connectivity index (χ0) is 21.6. The minimum absolute atomic E-state index is 0.00185. The van der Waals surface area contributed by atoms with Crippen molar-refractivity contribution in [2.45, 2.75) is 64.0 Å². The van der Waals surface area contributed by atoms with E-state index in [0.29, 0.717) is 25.7 Å². The highest BCUT2D eigenvalue weighted by atomic mass is 16.2. The first-order valence-corrected chi connectivity index (χ1v) is 12.0. The summed E-state index contributed by atoms with van der Waals surface area (Å²) in [5.41, 5.74) is 0. The first-order valence-electron chi connectivity index (χ1n) is 12.0. The topological polar surface area (TPSA) is 81.7 Å². The van der Waals surface area contributed by atoms with Gasteiger partial charge >= 0.3 is 0 Å². The van der Waals surface area contributed by atoms with Crippen molar-refractivity contribution in [2.24, 2.45) is 5.92 Å². The summed E-state index contributed by atoms with van der Waals surface area (Å²) >= 11 is 0. The summed E-state index contributed by atoms with van der Waals surface area (Å²) < 4.78 is 0. The molecule has 3 aliphatic rings. The summed E-state index contributed by atoms with van der Waals surface area (Å²) in [4.78, 5) is 40.9. The van der Waals surface area contributed by atoms with Gasteiger partial charge in [0.2, 0.25) is 17.8 Å². The Kier molecular flexibility index (Phi) is 7.37. The van der Waals surface area contributed by atoms with E-state index in [0.717, 1.165) is 51.3 Å². The molecule has 170 valence electrons. The van der Waals surface area contributed by atoms with Crippen molar-refractivity contribution in [3.05, 3.63) is 18.5 Å². The number of aromatic nitrogens is 2. The van der Waals surface area contributed by atoms with Gasteiger partial charge < -0.3 is 15.1 Å². The van der Waals surface area contributed by atoms with Crippen LogP contribution in [-0.2, 0) is 9.59 Å². The number of nitrogens with zero attached hydrogens (tertiary/aromatic N) is 5. The molecule has 4 rings (SSSR count). The Morgan fingerprint density at radius 1 is 0.968 bits per heavy atom. The van der Waals surface area contributed by atoms with E-state index in [9.17, 15) is 9.59 Å². The van der Waals surface area contributed by atoms with Gasteiger partial charge in [0.1, 0.15) is 0 Å². The van der Waals surface area contributed by atoms with Crippen molar-refractivity contribution in [1.29, 1.82) is 0 Å². The molecular formula is C23H36N6O2. The highest BCUT2D eigenvalue weighted by Crippen LogP contribution is 2.22. The maximum atomic E-state index is 13.2. The van der Waals surface area contributed by atoms with Crippen molar-refractivity contribution in [1.82, 2.24) is 25.1 Å². The number of likely N-dealkylation sites (tertiary alicyclic amines) is 1. The molecule has 0 aromatic carbocycles. The van der Waals surface area contributed by atoms with E-state index in [1.54, 1.807) is 12.4 Å². The number of rotatable bonds is 5. The van der Waals surface area contributed by atoms with Crippen LogP contribution in [0.4, 0.5) is 5.95 Å². The van der Waals surface area contributed by atoms with Gasteiger partial charge in [-0.3, -0.25) is 14.5 Å². The molecule has 0 bridgehead atoms. The summed E-state index contributed by atoms with van der Waals surface area (Å²) in [5.74, 6) is 1.08. The van der Waals surface area contributed by atoms with Crippen molar-refractivity contribution in [3.63, 3.8) is 0 Å². The molecule has 2 unspecified atom stereocenters. The Morgan fingerprint density at radius 3 is 2.39 bits per heavy atom. The second kappa shape index (κ2) is 10.4. The van der Waals surface area contributed by atoms with Gasteiger partial charge in [0.25, 0.3) is 0 Å². The lowest BCUT2D eigenvalue weighted by atomic mass is 9.92. The third kappa shape index (κ3) is 5.53. The van der Waals surface area contributed by atoms with Gasteiger partial charge in [0, 0.05) is 51.2 Å². The SMILES string of the molecule is CC(C(=O)N1CCN(c2ncccn2)CC1)N1CCCC(C(=O)NC2CCCCC2)C1. The number of amides is 2. The molecule has 8 heteroatoms. The number of piperidine rings is 1. The van der Waals surface area contributed by atoms with Crippen LogP contribution in [-0.4, -0.2) is 82.9 Å². The fourth-order valence-corrected chi connectivity index (χ4v) is 5.14. The van der Waals surface area contributed by atoms with E-state index < -0.39 is 0 Å². The average Bonchev–Trinajstić information content (AvgIpc) is 2.84. The van der Waals surface area contributed by atoms with Gasteiger partial charge in [-0.1, -0.05) is 19.3 Å². The standard InChI is InChI=1S/C23H36N6O2/c1-18(22(31)27-13-15-28(16-14-27)23-24-10-6-11-25-23)29-12-5-7-19(17-29)21(30)26-20-8-3-2-4-9-20/h6,10-11,18-20H,2-5,7-9,12-17H2,1H3,(H,26,30). The fraction of sp³-hybridized carbons (Fsp3) is 0.739. The summed E-state index contributed by atoms with van der Waals surface area (Å²) in [6, 6.07) is 1.97. The summed E-state index contributed by atoms with van der Waals surface area (Å²) in [6.07, 6.45) is 11.3. The molecule has 8 nitrogen and oxygen atoms in total. The summed E-state index contributed by atoms with van der Waals surface area (Å²) in [7, 11) is 0. The lowest BCUT2D eigenvalue weighted by Crippen LogP contribution is -2.56. The quantitative estimate of drug-likeness (QED) is 0.768. The number of piperazine rings is 1. The van der Waals surface area contributed by atoms with Crippen LogP contribution in [0.5, 0.6) is 0 Å². The van der Waals surface area contributed by atoms with Gasteiger partial charge in [-0.25, -0.2) is 9.97 Å². The zero-order valence-electron chi connectivity index (χ0n) is 18.7. The number of anilines is 1. The maximum absolute atomic E-state index is 13.2. The Balaban J connectivity index is 1.27. The zero-order valence-corrected chi connectivity index (χ0v) is 18.7. The normalized spacial score (nSPS) is 24.6. The molecule has 3 fully saturated rings. The van der Waals surface area contributed by atoms with Crippen LogP contribution < -0.4 is 10.2 Å². The molecule has 2 atom stereocenters. The molecule has 2 amide bonds. The molecule has 1 aromatic rings. The van der Waals surface area contributed by atoms with Crippen LogP contribution in [0.15, 0.2) is 18.5 Å². The lowest BCUT2D eigenvalue weighted by Gasteiger charge is -2.40. The molecule has 2 aliphatic heterocycles. The van der Waals surface area contributed by atoms with Crippen LogP contribution in [0.1, 0.15) is 51.9 Å². The molecule has 1 saturated carbocycles. The van der Waals surface area contributed by atoms with Gasteiger partial charge in [-0.05, 0) is 45.2 Å². The third-order valence-corrected chi connectivity index (χ3v) is 7.11.